The molecule has 2 aromatic heterocycles. The van der Waals surface area contributed by atoms with Gasteiger partial charge in [0.25, 0.3) is 0 Å². The molecule has 2 aromatic rings. The molecule has 0 aliphatic heterocycles. The topological polar surface area (TPSA) is 48.0 Å². The molecule has 0 aliphatic carbocycles. The highest BCUT2D eigenvalue weighted by molar-refractivity contribution is 6.33. The normalized spacial score (nSPS) is 10.9. The molecule has 6 heteroatoms. The van der Waals surface area contributed by atoms with Crippen molar-refractivity contribution in [2.24, 2.45) is 0 Å². The van der Waals surface area contributed by atoms with E-state index >= 15 is 0 Å². The third kappa shape index (κ3) is 2.31. The molecule has 0 radical (unpaired) electrons. The van der Waals surface area contributed by atoms with E-state index in [1.165, 1.54) is 6.26 Å². The Morgan fingerprint density at radius 1 is 1.50 bits per heavy atom. The maximum atomic E-state index is 12.1. The lowest BCUT2D eigenvalue weighted by Crippen LogP contribution is -2.09. The van der Waals surface area contributed by atoms with Crippen LogP contribution in [0.4, 0.5) is 0 Å². The third-order valence-electron chi connectivity index (χ3n) is 2.70. The van der Waals surface area contributed by atoms with Gasteiger partial charge in [0.15, 0.2) is 5.78 Å². The number of Topliss-reactive ketones (excluding diaryl/α,β-unsaturated/α-hetero) is 1. The number of aromatic nitrogens is 2. The fraction of sp³-hybridized carbons (Fsp3) is 0.333. The van der Waals surface area contributed by atoms with Crippen LogP contribution in [0.1, 0.15) is 28.7 Å². The average molecular weight is 287 g/mol. The Morgan fingerprint density at radius 2 is 2.22 bits per heavy atom. The second-order valence-electron chi connectivity index (χ2n) is 3.87. The summed E-state index contributed by atoms with van der Waals surface area (Å²) >= 11 is 11.9. The quantitative estimate of drug-likeness (QED) is 0.808. The van der Waals surface area contributed by atoms with Gasteiger partial charge in [0.1, 0.15) is 0 Å². The van der Waals surface area contributed by atoms with Crippen LogP contribution in [-0.2, 0) is 13.0 Å². The molecule has 0 atom stereocenters. The standard InChI is InChI=1S/C12H12Cl2N2O2/c1-3-16-9(11(13)7(2)15-16)6-10(17)8-4-5-18-12(8)14/h4-5H,3,6H2,1-2H3. The summed E-state index contributed by atoms with van der Waals surface area (Å²) in [7, 11) is 0. The van der Waals surface area contributed by atoms with E-state index in [0.717, 1.165) is 5.69 Å². The summed E-state index contributed by atoms with van der Waals surface area (Å²) in [6.07, 6.45) is 1.55. The van der Waals surface area contributed by atoms with Crippen molar-refractivity contribution in [1.82, 2.24) is 9.78 Å². The summed E-state index contributed by atoms with van der Waals surface area (Å²) in [4.78, 5) is 12.1. The van der Waals surface area contributed by atoms with Crippen LogP contribution < -0.4 is 0 Å². The van der Waals surface area contributed by atoms with Crippen LogP contribution in [0.2, 0.25) is 10.2 Å². The molecule has 0 spiro atoms. The van der Waals surface area contributed by atoms with Gasteiger partial charge in [-0.15, -0.1) is 0 Å². The van der Waals surface area contributed by atoms with Gasteiger partial charge in [0.05, 0.1) is 34.7 Å². The van der Waals surface area contributed by atoms with Crippen LogP contribution in [0, 0.1) is 6.92 Å². The first-order valence-electron chi connectivity index (χ1n) is 5.52. The monoisotopic (exact) mass is 286 g/mol. The highest BCUT2D eigenvalue weighted by Gasteiger charge is 2.19. The van der Waals surface area contributed by atoms with Crippen LogP contribution in [0.25, 0.3) is 0 Å². The molecule has 0 fully saturated rings. The smallest absolute Gasteiger partial charge is 0.203 e. The zero-order chi connectivity index (χ0) is 13.3. The Kier molecular flexibility index (Phi) is 3.78. The number of furan rings is 1. The number of aryl methyl sites for hydroxylation is 2. The van der Waals surface area contributed by atoms with Crippen LogP contribution in [-0.4, -0.2) is 15.6 Å². The predicted octanol–water partition coefficient (Wildman–Crippen LogP) is 3.54. The Labute approximate surface area is 114 Å². The predicted molar refractivity (Wildman–Crippen MR) is 69.4 cm³/mol. The number of hydrogen-bond acceptors (Lipinski definition) is 3. The second kappa shape index (κ2) is 5.16. The van der Waals surface area contributed by atoms with Gasteiger partial charge in [0, 0.05) is 6.54 Å². The van der Waals surface area contributed by atoms with Gasteiger partial charge in [-0.2, -0.15) is 5.10 Å². The summed E-state index contributed by atoms with van der Waals surface area (Å²) in [5, 5.41) is 4.90. The molecular weight excluding hydrogens is 275 g/mol. The summed E-state index contributed by atoms with van der Waals surface area (Å²) < 4.78 is 6.63. The highest BCUT2D eigenvalue weighted by atomic mass is 35.5. The maximum absolute atomic E-state index is 12.1. The summed E-state index contributed by atoms with van der Waals surface area (Å²) in [6.45, 7) is 4.42. The number of ketones is 1. The van der Waals surface area contributed by atoms with Crippen molar-refractivity contribution in [1.29, 1.82) is 0 Å². The van der Waals surface area contributed by atoms with Gasteiger partial charge < -0.3 is 4.42 Å². The van der Waals surface area contributed by atoms with Crippen molar-refractivity contribution < 1.29 is 9.21 Å². The van der Waals surface area contributed by atoms with Gasteiger partial charge in [-0.05, 0) is 31.5 Å². The number of rotatable bonds is 4. The molecule has 2 rings (SSSR count). The zero-order valence-corrected chi connectivity index (χ0v) is 11.5. The first-order valence-corrected chi connectivity index (χ1v) is 6.28. The lowest BCUT2D eigenvalue weighted by Gasteiger charge is -2.04. The van der Waals surface area contributed by atoms with E-state index in [1.807, 2.05) is 13.8 Å². The first kappa shape index (κ1) is 13.2. The largest absolute Gasteiger partial charge is 0.452 e. The molecule has 0 bridgehead atoms. The molecule has 96 valence electrons. The fourth-order valence-electron chi connectivity index (χ4n) is 1.78. The van der Waals surface area contributed by atoms with Crippen molar-refractivity contribution in [3.8, 4) is 0 Å². The molecule has 0 N–H and O–H groups in total. The van der Waals surface area contributed by atoms with E-state index in [0.29, 0.717) is 22.8 Å². The molecule has 0 saturated carbocycles. The second-order valence-corrected chi connectivity index (χ2v) is 4.59. The first-order chi connectivity index (χ1) is 8.54. The van der Waals surface area contributed by atoms with Crippen LogP contribution in [0.3, 0.4) is 0 Å². The van der Waals surface area contributed by atoms with E-state index in [4.69, 9.17) is 27.6 Å². The molecular formula is C12H12Cl2N2O2. The summed E-state index contributed by atoms with van der Waals surface area (Å²) in [5.41, 5.74) is 1.80. The van der Waals surface area contributed by atoms with Crippen molar-refractivity contribution in [3.63, 3.8) is 0 Å². The van der Waals surface area contributed by atoms with Gasteiger partial charge in [0.2, 0.25) is 5.22 Å². The fourth-order valence-corrected chi connectivity index (χ4v) is 2.20. The highest BCUT2D eigenvalue weighted by Crippen LogP contribution is 2.24. The van der Waals surface area contributed by atoms with Gasteiger partial charge in [-0.3, -0.25) is 9.48 Å². The van der Waals surface area contributed by atoms with Crippen molar-refractivity contribution in [2.75, 3.05) is 0 Å². The Morgan fingerprint density at radius 3 is 2.78 bits per heavy atom. The van der Waals surface area contributed by atoms with E-state index in [-0.39, 0.29) is 17.4 Å². The van der Waals surface area contributed by atoms with Crippen molar-refractivity contribution in [3.05, 3.63) is 39.5 Å². The Bertz CT molecular complexity index is 587. The lowest BCUT2D eigenvalue weighted by molar-refractivity contribution is 0.0990. The lowest BCUT2D eigenvalue weighted by atomic mass is 10.1. The number of carbonyl (C=O) groups excluding carboxylic acids is 1. The number of hydrogen-bond donors (Lipinski definition) is 0. The molecule has 0 aliphatic rings. The molecule has 0 amide bonds. The number of nitrogens with zero attached hydrogens (tertiary/aromatic N) is 2. The Hall–Kier alpha value is -1.26. The number of carbonyl (C=O) groups is 1. The van der Waals surface area contributed by atoms with Crippen molar-refractivity contribution >= 4 is 29.0 Å². The van der Waals surface area contributed by atoms with Gasteiger partial charge >= 0.3 is 0 Å². The molecule has 4 nitrogen and oxygen atoms in total. The zero-order valence-electron chi connectivity index (χ0n) is 10.0. The maximum Gasteiger partial charge on any atom is 0.203 e. The molecule has 18 heavy (non-hydrogen) atoms. The van der Waals surface area contributed by atoms with E-state index in [1.54, 1.807) is 10.7 Å². The Balaban J connectivity index is 2.30. The molecule has 0 unspecified atom stereocenters. The summed E-state index contributed by atoms with van der Waals surface area (Å²) in [6, 6.07) is 1.55. The minimum absolute atomic E-state index is 0.107. The molecule has 0 saturated heterocycles. The number of halogens is 2. The molecule has 2 heterocycles. The van der Waals surface area contributed by atoms with Gasteiger partial charge in [-0.1, -0.05) is 11.6 Å². The van der Waals surface area contributed by atoms with Crippen LogP contribution in [0.15, 0.2) is 16.7 Å². The van der Waals surface area contributed by atoms with Gasteiger partial charge in [-0.25, -0.2) is 0 Å². The van der Waals surface area contributed by atoms with E-state index in [2.05, 4.69) is 5.10 Å². The SMILES string of the molecule is CCn1nc(C)c(Cl)c1CC(=O)c1ccoc1Cl. The average Bonchev–Trinajstić information content (AvgIpc) is 2.87. The van der Waals surface area contributed by atoms with E-state index in [9.17, 15) is 4.79 Å². The third-order valence-corrected chi connectivity index (χ3v) is 3.48. The minimum atomic E-state index is -0.134. The summed E-state index contributed by atoms with van der Waals surface area (Å²) in [5.74, 6) is -0.134. The van der Waals surface area contributed by atoms with Crippen LogP contribution >= 0.6 is 23.2 Å². The van der Waals surface area contributed by atoms with E-state index < -0.39 is 0 Å². The van der Waals surface area contributed by atoms with Crippen LogP contribution in [0.5, 0.6) is 0 Å². The minimum Gasteiger partial charge on any atom is -0.452 e. The molecule has 0 aromatic carbocycles. The van der Waals surface area contributed by atoms with Crippen molar-refractivity contribution in [2.45, 2.75) is 26.8 Å².